The number of halogens is 5. The lowest BCUT2D eigenvalue weighted by molar-refractivity contribution is -0.140. The zero-order chi connectivity index (χ0) is 34.1. The number of sulfone groups is 1. The highest BCUT2D eigenvalue weighted by atomic mass is 35.5. The number of hydrogen-bond donors (Lipinski definition) is 1. The number of thiophene rings is 1. The van der Waals surface area contributed by atoms with Gasteiger partial charge in [-0.25, -0.2) is 17.2 Å². The second kappa shape index (κ2) is 14.2. The normalized spacial score (nSPS) is 18.2. The lowest BCUT2D eigenvalue weighted by atomic mass is 9.83. The topological polar surface area (TPSA) is 110 Å². The minimum atomic E-state index is -3.25. The van der Waals surface area contributed by atoms with E-state index in [2.05, 4.69) is 0 Å². The van der Waals surface area contributed by atoms with E-state index in [1.807, 2.05) is 0 Å². The van der Waals surface area contributed by atoms with Crippen molar-refractivity contribution in [3.8, 4) is 27.3 Å². The molecule has 254 valence electrons. The molecule has 0 saturated carbocycles. The predicted octanol–water partition coefficient (Wildman–Crippen LogP) is 7.05. The molecule has 0 spiro atoms. The van der Waals surface area contributed by atoms with Crippen LogP contribution >= 0.6 is 46.1 Å². The van der Waals surface area contributed by atoms with E-state index in [4.69, 9.17) is 45.3 Å². The van der Waals surface area contributed by atoms with E-state index < -0.39 is 27.2 Å². The van der Waals surface area contributed by atoms with Crippen LogP contribution in [0.2, 0.25) is 15.1 Å². The van der Waals surface area contributed by atoms with Gasteiger partial charge < -0.3 is 15.4 Å². The Kier molecular flexibility index (Phi) is 10.8. The molecule has 0 aliphatic carbocycles. The number of amides is 2. The van der Waals surface area contributed by atoms with Crippen molar-refractivity contribution in [3.05, 3.63) is 62.4 Å². The fourth-order valence-electron chi connectivity index (χ4n) is 6.14. The lowest BCUT2D eigenvalue weighted by Crippen LogP contribution is -2.64. The fourth-order valence-corrected chi connectivity index (χ4v) is 8.74. The van der Waals surface area contributed by atoms with Gasteiger partial charge in [-0.05, 0) is 49.1 Å². The monoisotopic (exact) mass is 747 g/mol. The van der Waals surface area contributed by atoms with Crippen molar-refractivity contribution >= 4 is 67.8 Å². The number of nitrogens with zero attached hydrogens (tertiary/aromatic N) is 2. The zero-order valence-electron chi connectivity index (χ0n) is 25.5. The third-order valence-electron chi connectivity index (χ3n) is 8.71. The van der Waals surface area contributed by atoms with Gasteiger partial charge in [0.05, 0.1) is 17.4 Å². The first kappa shape index (κ1) is 35.8. The number of hydrogen-bond acceptors (Lipinski definition) is 7. The molecule has 15 heteroatoms. The van der Waals surface area contributed by atoms with Crippen molar-refractivity contribution in [2.75, 3.05) is 44.8 Å². The van der Waals surface area contributed by atoms with Crippen LogP contribution in [0.5, 0.6) is 5.75 Å². The van der Waals surface area contributed by atoms with Crippen molar-refractivity contribution < 1.29 is 31.5 Å². The summed E-state index contributed by atoms with van der Waals surface area (Å²) in [6, 6.07) is 12.0. The minimum Gasteiger partial charge on any atom is -0.491 e. The smallest absolute Gasteiger partial charge is 0.267 e. The third-order valence-corrected chi connectivity index (χ3v) is 11.7. The second-order valence-corrected chi connectivity index (χ2v) is 16.5. The average molecular weight is 749 g/mol. The number of ether oxygens (including phenoxy) is 1. The number of benzene rings is 2. The van der Waals surface area contributed by atoms with Crippen molar-refractivity contribution in [1.82, 2.24) is 9.80 Å². The highest BCUT2D eigenvalue weighted by Crippen LogP contribution is 2.51. The highest BCUT2D eigenvalue weighted by Gasteiger charge is 2.49. The predicted molar refractivity (Wildman–Crippen MR) is 183 cm³/mol. The molecule has 0 atom stereocenters. The van der Waals surface area contributed by atoms with Crippen molar-refractivity contribution in [3.63, 3.8) is 0 Å². The summed E-state index contributed by atoms with van der Waals surface area (Å²) in [7, 11) is -3.25. The Morgan fingerprint density at radius 1 is 0.957 bits per heavy atom. The molecule has 2 aliphatic rings. The second-order valence-electron chi connectivity index (χ2n) is 12.0. The van der Waals surface area contributed by atoms with Gasteiger partial charge >= 0.3 is 0 Å². The van der Waals surface area contributed by atoms with Gasteiger partial charge in [0.25, 0.3) is 11.8 Å². The Bertz CT molecular complexity index is 1750. The number of likely N-dealkylation sites (tertiary alicyclic amines) is 2. The van der Waals surface area contributed by atoms with Gasteiger partial charge in [0.2, 0.25) is 5.91 Å². The van der Waals surface area contributed by atoms with Crippen molar-refractivity contribution in [2.24, 2.45) is 5.73 Å². The van der Waals surface area contributed by atoms with Gasteiger partial charge in [-0.2, -0.15) is 0 Å². The molecule has 3 heterocycles. The number of rotatable bonds is 10. The van der Waals surface area contributed by atoms with Crippen LogP contribution in [-0.2, 0) is 14.6 Å². The summed E-state index contributed by atoms with van der Waals surface area (Å²) in [5.41, 5.74) is 6.63. The molecule has 0 unspecified atom stereocenters. The molecule has 2 saturated heterocycles. The summed E-state index contributed by atoms with van der Waals surface area (Å²) in [5.74, 6) is -3.57. The summed E-state index contributed by atoms with van der Waals surface area (Å²) >= 11 is 20.2. The van der Waals surface area contributed by atoms with Gasteiger partial charge in [-0.1, -0.05) is 53.0 Å². The Morgan fingerprint density at radius 3 is 2.15 bits per heavy atom. The Labute approximate surface area is 291 Å². The minimum absolute atomic E-state index is 0.0167. The first-order chi connectivity index (χ1) is 22.1. The maximum atomic E-state index is 14.3. The van der Waals surface area contributed by atoms with Crippen molar-refractivity contribution in [2.45, 2.75) is 43.6 Å². The number of carbonyl (C=O) groups excluding carboxylic acids is 2. The molecule has 47 heavy (non-hydrogen) atoms. The lowest BCUT2D eigenvalue weighted by Gasteiger charge is -2.48. The molecule has 1 aromatic heterocycles. The molecule has 2 N–H and O–H groups in total. The van der Waals surface area contributed by atoms with E-state index in [0.29, 0.717) is 36.6 Å². The highest BCUT2D eigenvalue weighted by molar-refractivity contribution is 7.90. The number of carbonyl (C=O) groups is 2. The first-order valence-corrected chi connectivity index (χ1v) is 19.0. The van der Waals surface area contributed by atoms with Crippen LogP contribution in [0.25, 0.3) is 21.6 Å². The molecular formula is C32H34Cl3F2N3O5S2. The number of primary amides is 1. The summed E-state index contributed by atoms with van der Waals surface area (Å²) in [6.07, 6.45) is 1.00. The van der Waals surface area contributed by atoms with Crippen LogP contribution in [0.4, 0.5) is 8.78 Å². The van der Waals surface area contributed by atoms with Crippen LogP contribution in [0.1, 0.15) is 41.8 Å². The Balaban J connectivity index is 1.53. The van der Waals surface area contributed by atoms with Gasteiger partial charge in [0, 0.05) is 71.3 Å². The molecule has 0 radical (unpaired) electrons. The first-order valence-electron chi connectivity index (χ1n) is 15.0. The molecule has 2 aliphatic heterocycles. The largest absolute Gasteiger partial charge is 0.491 e. The maximum absolute atomic E-state index is 14.3. The molecule has 3 aromatic rings. The van der Waals surface area contributed by atoms with E-state index in [-0.39, 0.29) is 87.2 Å². The molecule has 0 bridgehead atoms. The average Bonchev–Trinajstić information content (AvgIpc) is 3.37. The van der Waals surface area contributed by atoms with Crippen LogP contribution in [0.15, 0.2) is 42.5 Å². The zero-order valence-corrected chi connectivity index (χ0v) is 29.4. The van der Waals surface area contributed by atoms with Crippen LogP contribution in [0, 0.1) is 0 Å². The van der Waals surface area contributed by atoms with E-state index >= 15 is 0 Å². The number of piperidine rings is 2. The third kappa shape index (κ3) is 8.05. The maximum Gasteiger partial charge on any atom is 0.267 e. The van der Waals surface area contributed by atoms with E-state index in [1.165, 1.54) is 11.3 Å². The van der Waals surface area contributed by atoms with Crippen LogP contribution in [-0.4, -0.2) is 86.3 Å². The Hall–Kier alpha value is -2.48. The molecular weight excluding hydrogens is 715 g/mol. The summed E-state index contributed by atoms with van der Waals surface area (Å²) in [6.45, 7) is 0.412. The molecule has 5 rings (SSSR count). The molecule has 2 amide bonds. The van der Waals surface area contributed by atoms with E-state index in [9.17, 15) is 26.8 Å². The van der Waals surface area contributed by atoms with Gasteiger partial charge in [0.1, 0.15) is 20.3 Å². The van der Waals surface area contributed by atoms with Gasteiger partial charge in [-0.3, -0.25) is 14.5 Å². The fraction of sp³-hybridized carbons (Fsp3) is 0.438. The SMILES string of the molecule is CS(=O)(=O)CCCOc1c(C(=O)N2CCC(C(N)=O)(N3CCC(F)(F)CC3)CC2)sc(-c2ccc(Cl)cc2Cl)c1-c1ccc(Cl)cc1. The summed E-state index contributed by atoms with van der Waals surface area (Å²) in [5, 5.41) is 1.29. The number of alkyl halides is 2. The van der Waals surface area contributed by atoms with Crippen LogP contribution in [0.3, 0.4) is 0 Å². The standard InChI is InChI=1S/C32H34Cl3F2N3O5S2/c1-47(43,44)18-2-17-45-26-25(20-3-5-21(33)6-4-20)27(23-8-7-22(34)19-24(23)35)46-28(26)29(41)39-13-9-31(10-14-39,30(38)42)40-15-11-32(36,37)12-16-40/h3-8,19H,2,9-18H2,1H3,(H2,38,42). The van der Waals surface area contributed by atoms with Crippen LogP contribution < -0.4 is 10.5 Å². The summed E-state index contributed by atoms with van der Waals surface area (Å²) in [4.78, 5) is 31.4. The van der Waals surface area contributed by atoms with Gasteiger partial charge in [-0.15, -0.1) is 11.3 Å². The summed E-state index contributed by atoms with van der Waals surface area (Å²) < 4.78 is 57.7. The van der Waals surface area contributed by atoms with Crippen molar-refractivity contribution in [1.29, 1.82) is 0 Å². The van der Waals surface area contributed by atoms with E-state index in [1.54, 1.807) is 52.3 Å². The molecule has 2 aromatic carbocycles. The molecule has 2 fully saturated rings. The van der Waals surface area contributed by atoms with E-state index in [0.717, 1.165) is 6.26 Å². The quantitative estimate of drug-likeness (QED) is 0.223. The Morgan fingerprint density at radius 2 is 1.57 bits per heavy atom. The number of nitrogens with two attached hydrogens (primary N) is 1. The van der Waals surface area contributed by atoms with Gasteiger partial charge in [0.15, 0.2) is 5.75 Å². The molecule has 8 nitrogen and oxygen atoms in total.